The number of halogens is 1. The van der Waals surface area contributed by atoms with Gasteiger partial charge in [0.1, 0.15) is 5.15 Å². The first kappa shape index (κ1) is 14.2. The van der Waals surface area contributed by atoms with Crippen LogP contribution < -0.4 is 0 Å². The van der Waals surface area contributed by atoms with Crippen LogP contribution in [0, 0.1) is 0 Å². The number of hydrogen-bond donors (Lipinski definition) is 0. The van der Waals surface area contributed by atoms with Crippen molar-refractivity contribution in [1.82, 2.24) is 14.8 Å². The van der Waals surface area contributed by atoms with Crippen LogP contribution in [0.3, 0.4) is 0 Å². The van der Waals surface area contributed by atoms with E-state index in [4.69, 9.17) is 11.6 Å². The summed E-state index contributed by atoms with van der Waals surface area (Å²) in [5.74, 6) is 0. The Morgan fingerprint density at radius 2 is 1.59 bits per heavy atom. The monoisotopic (exact) mass is 313 g/mol. The molecule has 1 aromatic heterocycles. The molecule has 4 rings (SSSR count). The van der Waals surface area contributed by atoms with Crippen LogP contribution >= 0.6 is 11.6 Å². The van der Waals surface area contributed by atoms with Gasteiger partial charge in [-0.15, -0.1) is 0 Å². The minimum Gasteiger partial charge on any atom is -0.293 e. The highest BCUT2D eigenvalue weighted by atomic mass is 35.5. The molecule has 0 N–H and O–H groups in total. The second-order valence-corrected chi connectivity index (χ2v) is 6.76. The van der Waals surface area contributed by atoms with Crippen LogP contribution in [0.2, 0.25) is 5.15 Å². The third-order valence-electron chi connectivity index (χ3n) is 4.87. The molecule has 0 amide bonds. The molecule has 3 heterocycles. The number of rotatable bonds is 4. The second kappa shape index (κ2) is 5.99. The summed E-state index contributed by atoms with van der Waals surface area (Å²) >= 11 is 5.86. The first-order valence-corrected chi connectivity index (χ1v) is 8.28. The van der Waals surface area contributed by atoms with Crippen LogP contribution in [0.5, 0.6) is 0 Å². The number of piperazine rings is 1. The average Bonchev–Trinajstić information content (AvgIpc) is 3.10. The maximum Gasteiger partial charge on any atom is 0.129 e. The fourth-order valence-electron chi connectivity index (χ4n) is 3.77. The Hall–Kier alpha value is -1.42. The molecular weight excluding hydrogens is 294 g/mol. The molecule has 0 spiro atoms. The maximum absolute atomic E-state index is 5.86. The highest BCUT2D eigenvalue weighted by Gasteiger charge is 2.42. The predicted octanol–water partition coefficient (Wildman–Crippen LogP) is 3.19. The zero-order valence-corrected chi connectivity index (χ0v) is 13.3. The van der Waals surface area contributed by atoms with Crippen LogP contribution in [-0.4, -0.2) is 40.0 Å². The zero-order valence-electron chi connectivity index (χ0n) is 12.5. The van der Waals surface area contributed by atoms with E-state index in [0.717, 1.165) is 13.1 Å². The second-order valence-electron chi connectivity index (χ2n) is 6.38. The van der Waals surface area contributed by atoms with Gasteiger partial charge in [-0.1, -0.05) is 48.0 Å². The van der Waals surface area contributed by atoms with E-state index >= 15 is 0 Å². The van der Waals surface area contributed by atoms with Crippen molar-refractivity contribution < 1.29 is 0 Å². The Bertz CT molecular complexity index is 629. The molecule has 2 fully saturated rings. The summed E-state index contributed by atoms with van der Waals surface area (Å²) in [6, 6.07) is 16.1. The zero-order chi connectivity index (χ0) is 14.9. The van der Waals surface area contributed by atoms with Crippen molar-refractivity contribution in [3.8, 4) is 0 Å². The predicted molar refractivity (Wildman–Crippen MR) is 88.7 cm³/mol. The molecule has 114 valence electrons. The Labute approximate surface area is 136 Å². The van der Waals surface area contributed by atoms with Gasteiger partial charge in [-0.25, -0.2) is 4.98 Å². The molecule has 2 unspecified atom stereocenters. The Balaban J connectivity index is 1.36. The molecular formula is C18H20ClN3. The van der Waals surface area contributed by atoms with Crippen LogP contribution in [-0.2, 0) is 13.1 Å². The summed E-state index contributed by atoms with van der Waals surface area (Å²) in [5.41, 5.74) is 2.68. The lowest BCUT2D eigenvalue weighted by Gasteiger charge is -2.34. The van der Waals surface area contributed by atoms with E-state index in [0.29, 0.717) is 17.2 Å². The standard InChI is InChI=1S/C18H20ClN3/c19-18-7-6-15(9-20-18)11-22-13-16-8-17(22)12-21(16)10-14-4-2-1-3-5-14/h1-7,9,16-17H,8,10-13H2. The van der Waals surface area contributed by atoms with Gasteiger partial charge in [0.25, 0.3) is 0 Å². The highest BCUT2D eigenvalue weighted by Crippen LogP contribution is 2.32. The van der Waals surface area contributed by atoms with Gasteiger partial charge in [0.2, 0.25) is 0 Å². The molecule has 2 bridgehead atoms. The summed E-state index contributed by atoms with van der Waals surface area (Å²) in [5, 5.41) is 0.570. The summed E-state index contributed by atoms with van der Waals surface area (Å²) in [7, 11) is 0. The number of fused-ring (bicyclic) bond motifs is 2. The summed E-state index contributed by atoms with van der Waals surface area (Å²) < 4.78 is 0. The van der Waals surface area contributed by atoms with E-state index < -0.39 is 0 Å². The van der Waals surface area contributed by atoms with E-state index in [1.54, 1.807) is 0 Å². The van der Waals surface area contributed by atoms with Crippen molar-refractivity contribution in [2.75, 3.05) is 13.1 Å². The van der Waals surface area contributed by atoms with Gasteiger partial charge in [0.15, 0.2) is 0 Å². The van der Waals surface area contributed by atoms with E-state index in [-0.39, 0.29) is 0 Å². The minimum absolute atomic E-state index is 0.570. The first-order valence-electron chi connectivity index (χ1n) is 7.90. The number of nitrogens with zero attached hydrogens (tertiary/aromatic N) is 3. The van der Waals surface area contributed by atoms with E-state index in [2.05, 4.69) is 51.2 Å². The Morgan fingerprint density at radius 1 is 0.909 bits per heavy atom. The molecule has 3 nitrogen and oxygen atoms in total. The van der Waals surface area contributed by atoms with Crippen molar-refractivity contribution in [1.29, 1.82) is 0 Å². The third-order valence-corrected chi connectivity index (χ3v) is 5.09. The normalized spacial score (nSPS) is 25.0. The summed E-state index contributed by atoms with van der Waals surface area (Å²) in [6.45, 7) is 4.42. The van der Waals surface area contributed by atoms with Gasteiger partial charge < -0.3 is 0 Å². The van der Waals surface area contributed by atoms with Gasteiger partial charge in [0, 0.05) is 44.5 Å². The topological polar surface area (TPSA) is 19.4 Å². The minimum atomic E-state index is 0.570. The fraction of sp³-hybridized carbons (Fsp3) is 0.389. The lowest BCUT2D eigenvalue weighted by atomic mass is 10.2. The van der Waals surface area contributed by atoms with E-state index in [1.165, 1.54) is 30.6 Å². The molecule has 2 aromatic rings. The van der Waals surface area contributed by atoms with Crippen LogP contribution in [0.4, 0.5) is 0 Å². The van der Waals surface area contributed by atoms with Crippen molar-refractivity contribution in [2.45, 2.75) is 31.6 Å². The van der Waals surface area contributed by atoms with Crippen molar-refractivity contribution in [2.24, 2.45) is 0 Å². The average molecular weight is 314 g/mol. The number of pyridine rings is 1. The van der Waals surface area contributed by atoms with Crippen molar-refractivity contribution >= 4 is 11.6 Å². The quantitative estimate of drug-likeness (QED) is 0.808. The number of likely N-dealkylation sites (tertiary alicyclic amines) is 2. The molecule has 2 aliphatic heterocycles. The number of aromatic nitrogens is 1. The lowest BCUT2D eigenvalue weighted by molar-refractivity contribution is 0.118. The molecule has 2 saturated heterocycles. The summed E-state index contributed by atoms with van der Waals surface area (Å²) in [6.07, 6.45) is 3.20. The number of benzene rings is 1. The maximum atomic E-state index is 5.86. The van der Waals surface area contributed by atoms with Crippen LogP contribution in [0.15, 0.2) is 48.7 Å². The SMILES string of the molecule is Clc1ccc(CN2CC3CC2CN3Cc2ccccc2)cn1. The first-order chi connectivity index (χ1) is 10.8. The van der Waals surface area contributed by atoms with Crippen LogP contribution in [0.1, 0.15) is 17.5 Å². The lowest BCUT2D eigenvalue weighted by Crippen LogP contribution is -2.45. The van der Waals surface area contributed by atoms with Crippen molar-refractivity contribution in [3.05, 3.63) is 64.9 Å². The largest absolute Gasteiger partial charge is 0.293 e. The number of hydrogen-bond acceptors (Lipinski definition) is 3. The molecule has 0 radical (unpaired) electrons. The summed E-state index contributed by atoms with van der Waals surface area (Å²) in [4.78, 5) is 9.41. The molecule has 4 heteroatoms. The smallest absolute Gasteiger partial charge is 0.129 e. The Morgan fingerprint density at radius 3 is 2.18 bits per heavy atom. The molecule has 0 saturated carbocycles. The molecule has 1 aromatic carbocycles. The van der Waals surface area contributed by atoms with Crippen LogP contribution in [0.25, 0.3) is 0 Å². The van der Waals surface area contributed by atoms with Gasteiger partial charge >= 0.3 is 0 Å². The van der Waals surface area contributed by atoms with Gasteiger partial charge in [-0.3, -0.25) is 9.80 Å². The third kappa shape index (κ3) is 2.89. The molecule has 22 heavy (non-hydrogen) atoms. The van der Waals surface area contributed by atoms with Gasteiger partial charge in [-0.2, -0.15) is 0 Å². The Kier molecular flexibility index (Phi) is 3.87. The highest BCUT2D eigenvalue weighted by molar-refractivity contribution is 6.29. The van der Waals surface area contributed by atoms with Gasteiger partial charge in [0.05, 0.1) is 0 Å². The van der Waals surface area contributed by atoms with Crippen molar-refractivity contribution in [3.63, 3.8) is 0 Å². The molecule has 2 atom stereocenters. The molecule has 2 aliphatic rings. The van der Waals surface area contributed by atoms with E-state index in [9.17, 15) is 0 Å². The molecule has 0 aliphatic carbocycles. The van der Waals surface area contributed by atoms with E-state index in [1.807, 2.05) is 12.3 Å². The van der Waals surface area contributed by atoms with Gasteiger partial charge in [-0.05, 0) is 23.6 Å². The fourth-order valence-corrected chi connectivity index (χ4v) is 3.88.